The van der Waals surface area contributed by atoms with Crippen LogP contribution in [0.4, 0.5) is 0 Å². The first kappa shape index (κ1) is 7.73. The fourth-order valence-electron chi connectivity index (χ4n) is 1.12. The summed E-state index contributed by atoms with van der Waals surface area (Å²) >= 11 is 0. The van der Waals surface area contributed by atoms with E-state index in [-0.39, 0.29) is 5.75 Å². The quantitative estimate of drug-likeness (QED) is 0.714. The molecule has 0 spiro atoms. The summed E-state index contributed by atoms with van der Waals surface area (Å²) in [6.45, 7) is 0. The number of aromatic hydroxyl groups is 1. The summed E-state index contributed by atoms with van der Waals surface area (Å²) < 4.78 is 0. The molecule has 0 saturated heterocycles. The molecule has 0 atom stereocenters. The molecule has 13 heavy (non-hydrogen) atoms. The molecule has 0 amide bonds. The zero-order valence-corrected chi connectivity index (χ0v) is 6.88. The van der Waals surface area contributed by atoms with E-state index in [1.54, 1.807) is 24.4 Å². The van der Waals surface area contributed by atoms with Crippen LogP contribution >= 0.6 is 0 Å². The fourth-order valence-corrected chi connectivity index (χ4v) is 1.12. The molecule has 0 fully saturated rings. The molecule has 0 radical (unpaired) electrons. The Labute approximate surface area is 75.7 Å². The molecule has 0 aliphatic rings. The van der Waals surface area contributed by atoms with E-state index in [1.165, 1.54) is 0 Å². The summed E-state index contributed by atoms with van der Waals surface area (Å²) in [7, 11) is 0. The summed E-state index contributed by atoms with van der Waals surface area (Å²) in [4.78, 5) is 0. The molecule has 1 heterocycles. The molecular weight excluding hydrogens is 164 g/mol. The van der Waals surface area contributed by atoms with Crippen molar-refractivity contribution >= 4 is 0 Å². The third-order valence-electron chi connectivity index (χ3n) is 1.71. The van der Waals surface area contributed by atoms with Gasteiger partial charge in [-0.15, -0.1) is 0 Å². The molecule has 0 saturated carbocycles. The van der Waals surface area contributed by atoms with Crippen molar-refractivity contribution in [3.05, 3.63) is 42.6 Å². The molecule has 1 aromatic heterocycles. The number of rotatable bonds is 1. The highest BCUT2D eigenvalue weighted by Gasteiger charge is 1.98. The highest BCUT2D eigenvalue weighted by Crippen LogP contribution is 2.19. The summed E-state index contributed by atoms with van der Waals surface area (Å²) in [6, 6.07) is 10.6. The van der Waals surface area contributed by atoms with Gasteiger partial charge in [-0.05, 0) is 24.3 Å². The van der Waals surface area contributed by atoms with Gasteiger partial charge in [-0.2, -0.15) is 10.2 Å². The van der Waals surface area contributed by atoms with Gasteiger partial charge in [0, 0.05) is 11.8 Å². The van der Waals surface area contributed by atoms with Gasteiger partial charge in [0.15, 0.2) is 0 Å². The Morgan fingerprint density at radius 3 is 2.69 bits per heavy atom. The number of hydrogen-bond donors (Lipinski definition) is 1. The van der Waals surface area contributed by atoms with E-state index in [0.717, 1.165) is 11.3 Å². The lowest BCUT2D eigenvalue weighted by molar-refractivity contribution is 0.475. The Morgan fingerprint density at radius 1 is 1.08 bits per heavy atom. The lowest BCUT2D eigenvalue weighted by Gasteiger charge is -1.98. The van der Waals surface area contributed by atoms with Gasteiger partial charge in [-0.3, -0.25) is 0 Å². The number of phenols is 1. The minimum atomic E-state index is 0.239. The van der Waals surface area contributed by atoms with E-state index >= 15 is 0 Å². The molecule has 3 nitrogen and oxygen atoms in total. The number of phenolic OH excluding ortho intramolecular Hbond substituents is 1. The topological polar surface area (TPSA) is 46.0 Å². The monoisotopic (exact) mass is 172 g/mol. The maximum absolute atomic E-state index is 9.23. The molecule has 0 bridgehead atoms. The smallest absolute Gasteiger partial charge is 0.116 e. The van der Waals surface area contributed by atoms with Crippen LogP contribution in [0, 0.1) is 0 Å². The summed E-state index contributed by atoms with van der Waals surface area (Å²) in [5.41, 5.74) is 1.63. The van der Waals surface area contributed by atoms with Crippen molar-refractivity contribution in [1.29, 1.82) is 0 Å². The molecule has 1 N–H and O–H groups in total. The summed E-state index contributed by atoms with van der Waals surface area (Å²) in [6.07, 6.45) is 1.62. The summed E-state index contributed by atoms with van der Waals surface area (Å²) in [5, 5.41) is 16.9. The van der Waals surface area contributed by atoms with Gasteiger partial charge < -0.3 is 5.11 Å². The minimum Gasteiger partial charge on any atom is -0.508 e. The first-order chi connectivity index (χ1) is 6.36. The van der Waals surface area contributed by atoms with Crippen molar-refractivity contribution in [2.75, 3.05) is 0 Å². The molecule has 0 aliphatic heterocycles. The molecule has 2 rings (SSSR count). The third-order valence-corrected chi connectivity index (χ3v) is 1.71. The van der Waals surface area contributed by atoms with Crippen molar-refractivity contribution in [2.24, 2.45) is 0 Å². The minimum absolute atomic E-state index is 0.239. The molecule has 1 aromatic carbocycles. The maximum atomic E-state index is 9.23. The van der Waals surface area contributed by atoms with E-state index in [0.29, 0.717) is 0 Å². The first-order valence-electron chi connectivity index (χ1n) is 3.93. The van der Waals surface area contributed by atoms with Gasteiger partial charge in [-0.25, -0.2) is 0 Å². The molecule has 0 aliphatic carbocycles. The first-order valence-corrected chi connectivity index (χ1v) is 3.93. The van der Waals surface area contributed by atoms with Gasteiger partial charge >= 0.3 is 0 Å². The Hall–Kier alpha value is -1.90. The Kier molecular flexibility index (Phi) is 1.92. The van der Waals surface area contributed by atoms with Crippen LogP contribution in [0.15, 0.2) is 42.6 Å². The van der Waals surface area contributed by atoms with Crippen molar-refractivity contribution < 1.29 is 5.11 Å². The van der Waals surface area contributed by atoms with Crippen LogP contribution in [0.5, 0.6) is 5.75 Å². The van der Waals surface area contributed by atoms with E-state index < -0.39 is 0 Å². The van der Waals surface area contributed by atoms with Crippen LogP contribution in [0.1, 0.15) is 0 Å². The van der Waals surface area contributed by atoms with Crippen LogP contribution in [0.2, 0.25) is 0 Å². The molecule has 2 aromatic rings. The van der Waals surface area contributed by atoms with Crippen LogP contribution in [0.3, 0.4) is 0 Å². The lowest BCUT2D eigenvalue weighted by Crippen LogP contribution is -1.84. The molecular formula is C10H8N2O. The van der Waals surface area contributed by atoms with Gasteiger partial charge in [0.2, 0.25) is 0 Å². The second kappa shape index (κ2) is 3.23. The van der Waals surface area contributed by atoms with Gasteiger partial charge in [-0.1, -0.05) is 12.1 Å². The SMILES string of the molecule is Oc1cccc(-c2cccnn2)c1. The summed E-state index contributed by atoms with van der Waals surface area (Å²) in [5.74, 6) is 0.239. The Morgan fingerprint density at radius 2 is 2.00 bits per heavy atom. The second-order valence-electron chi connectivity index (χ2n) is 2.66. The van der Waals surface area contributed by atoms with Crippen LogP contribution in [-0.4, -0.2) is 15.3 Å². The molecule has 3 heteroatoms. The fraction of sp³-hybridized carbons (Fsp3) is 0. The van der Waals surface area contributed by atoms with Crippen molar-refractivity contribution in [3.8, 4) is 17.0 Å². The van der Waals surface area contributed by atoms with Crippen LogP contribution in [0.25, 0.3) is 11.3 Å². The van der Waals surface area contributed by atoms with Gasteiger partial charge in [0.25, 0.3) is 0 Å². The highest BCUT2D eigenvalue weighted by atomic mass is 16.3. The standard InChI is InChI=1S/C10H8N2O/c13-9-4-1-3-8(7-9)10-5-2-6-11-12-10/h1-7,13H. The van der Waals surface area contributed by atoms with Gasteiger partial charge in [0.1, 0.15) is 5.75 Å². The average molecular weight is 172 g/mol. The van der Waals surface area contributed by atoms with Crippen molar-refractivity contribution in [3.63, 3.8) is 0 Å². The largest absolute Gasteiger partial charge is 0.508 e. The number of benzene rings is 1. The molecule has 64 valence electrons. The van der Waals surface area contributed by atoms with E-state index in [1.807, 2.05) is 18.2 Å². The predicted molar refractivity (Wildman–Crippen MR) is 49.1 cm³/mol. The van der Waals surface area contributed by atoms with Crippen LogP contribution < -0.4 is 0 Å². The number of hydrogen-bond acceptors (Lipinski definition) is 3. The maximum Gasteiger partial charge on any atom is 0.116 e. The van der Waals surface area contributed by atoms with Crippen molar-refractivity contribution in [1.82, 2.24) is 10.2 Å². The normalized spacial score (nSPS) is 9.85. The van der Waals surface area contributed by atoms with Crippen LogP contribution in [-0.2, 0) is 0 Å². The number of aromatic nitrogens is 2. The zero-order valence-electron chi connectivity index (χ0n) is 6.88. The second-order valence-corrected chi connectivity index (χ2v) is 2.66. The average Bonchev–Trinajstić information content (AvgIpc) is 2.19. The third kappa shape index (κ3) is 1.64. The van der Waals surface area contributed by atoms with E-state index in [4.69, 9.17) is 0 Å². The molecule has 0 unspecified atom stereocenters. The highest BCUT2D eigenvalue weighted by molar-refractivity contribution is 5.60. The predicted octanol–water partition coefficient (Wildman–Crippen LogP) is 1.85. The zero-order chi connectivity index (χ0) is 9.10. The Balaban J connectivity index is 2.48. The van der Waals surface area contributed by atoms with Crippen molar-refractivity contribution in [2.45, 2.75) is 0 Å². The Bertz CT molecular complexity index is 401. The lowest BCUT2D eigenvalue weighted by atomic mass is 10.1. The van der Waals surface area contributed by atoms with Gasteiger partial charge in [0.05, 0.1) is 5.69 Å². The number of nitrogens with zero attached hydrogens (tertiary/aromatic N) is 2. The van der Waals surface area contributed by atoms with E-state index in [9.17, 15) is 5.11 Å². The van der Waals surface area contributed by atoms with E-state index in [2.05, 4.69) is 10.2 Å².